The number of aryl methyl sites for hydroxylation is 1. The van der Waals surface area contributed by atoms with Crippen LogP contribution in [0.15, 0.2) is 54.6 Å². The van der Waals surface area contributed by atoms with Crippen LogP contribution < -0.4 is 4.74 Å². The van der Waals surface area contributed by atoms with Crippen LogP contribution in [0.3, 0.4) is 0 Å². The summed E-state index contributed by atoms with van der Waals surface area (Å²) in [4.78, 5) is 10.6. The van der Waals surface area contributed by atoms with Gasteiger partial charge in [0.2, 0.25) is 17.4 Å². The van der Waals surface area contributed by atoms with Gasteiger partial charge < -0.3 is 9.84 Å². The quantitative estimate of drug-likeness (QED) is 0.258. The Labute approximate surface area is 171 Å². The van der Waals surface area contributed by atoms with Crippen molar-refractivity contribution in [3.05, 3.63) is 92.6 Å². The molecule has 146 valence electrons. The van der Waals surface area contributed by atoms with Gasteiger partial charge in [-0.15, -0.1) is 0 Å². The zero-order chi connectivity index (χ0) is 20.8. The van der Waals surface area contributed by atoms with Crippen LogP contribution in [0.2, 0.25) is 0 Å². The average molecular weight is 504 g/mol. The van der Waals surface area contributed by atoms with Gasteiger partial charge in [-0.05, 0) is 53.8 Å². The highest BCUT2D eigenvalue weighted by molar-refractivity contribution is 14.1. The van der Waals surface area contributed by atoms with Crippen molar-refractivity contribution in [3.63, 3.8) is 0 Å². The molecular weight excluding hydrogens is 491 g/mol. The highest BCUT2D eigenvalue weighted by atomic mass is 127. The van der Waals surface area contributed by atoms with Crippen LogP contribution in [0.4, 0.5) is 17.6 Å². The second kappa shape index (κ2) is 9.54. The molecular formula is C20H13F4IO3. The average Bonchev–Trinajstić information content (AvgIpc) is 2.67. The maximum atomic E-state index is 13.6. The van der Waals surface area contributed by atoms with Gasteiger partial charge in [0.05, 0.1) is 0 Å². The summed E-state index contributed by atoms with van der Waals surface area (Å²) < 4.78 is 60.0. The van der Waals surface area contributed by atoms with Gasteiger partial charge in [-0.2, -0.15) is 8.78 Å². The summed E-state index contributed by atoms with van der Waals surface area (Å²) in [5.74, 6) is -11.4. The fourth-order valence-corrected chi connectivity index (χ4v) is 2.39. The molecule has 3 aromatic carbocycles. The number of carboxylic acid groups (broad SMARTS) is 1. The van der Waals surface area contributed by atoms with Gasteiger partial charge in [0, 0.05) is 3.57 Å². The lowest BCUT2D eigenvalue weighted by Gasteiger charge is -2.10. The van der Waals surface area contributed by atoms with E-state index in [1.807, 2.05) is 0 Å². The molecule has 0 saturated heterocycles. The van der Waals surface area contributed by atoms with E-state index in [0.717, 1.165) is 0 Å². The van der Waals surface area contributed by atoms with Crippen LogP contribution in [-0.4, -0.2) is 11.1 Å². The third-order valence-corrected chi connectivity index (χ3v) is 4.13. The molecule has 0 bridgehead atoms. The number of hydrogen-bond donors (Lipinski definition) is 1. The van der Waals surface area contributed by atoms with Crippen LogP contribution in [0, 0.1) is 33.8 Å². The second-order valence-corrected chi connectivity index (χ2v) is 6.72. The first-order valence-electron chi connectivity index (χ1n) is 7.76. The Bertz CT molecular complexity index is 927. The van der Waals surface area contributed by atoms with Gasteiger partial charge >= 0.3 is 5.97 Å². The van der Waals surface area contributed by atoms with Crippen molar-refractivity contribution in [3.8, 4) is 11.5 Å². The maximum Gasteiger partial charge on any atom is 0.341 e. The first-order valence-corrected chi connectivity index (χ1v) is 8.84. The summed E-state index contributed by atoms with van der Waals surface area (Å²) in [6.45, 7) is 2.09. The molecule has 28 heavy (non-hydrogen) atoms. The number of rotatable bonds is 3. The van der Waals surface area contributed by atoms with E-state index >= 15 is 0 Å². The van der Waals surface area contributed by atoms with E-state index < -0.39 is 40.6 Å². The van der Waals surface area contributed by atoms with E-state index in [9.17, 15) is 22.4 Å². The number of carboxylic acids is 1. The molecule has 0 fully saturated rings. The molecule has 8 heteroatoms. The predicted molar refractivity (Wildman–Crippen MR) is 104 cm³/mol. The van der Waals surface area contributed by atoms with Crippen molar-refractivity contribution in [1.82, 2.24) is 0 Å². The summed E-state index contributed by atoms with van der Waals surface area (Å²) in [7, 11) is 0. The maximum absolute atomic E-state index is 13.6. The molecule has 0 aliphatic carbocycles. The van der Waals surface area contributed by atoms with Crippen LogP contribution in [0.25, 0.3) is 0 Å². The van der Waals surface area contributed by atoms with Gasteiger partial charge in [-0.25, -0.2) is 13.6 Å². The standard InChI is InChI=1S/C13H6F4O3.C7H7I/c14-8-7(13(18)19)9(15)11(17)12(10(8)16)20-6-4-2-1-3-5-6;1-6-2-4-7(8)5-3-6/h1-5H,(H,18,19);2-5H,1H3. The molecule has 0 amide bonds. The lowest BCUT2D eigenvalue weighted by Crippen LogP contribution is -2.11. The van der Waals surface area contributed by atoms with Crippen LogP contribution >= 0.6 is 22.6 Å². The Hall–Kier alpha value is -2.62. The monoisotopic (exact) mass is 504 g/mol. The summed E-state index contributed by atoms with van der Waals surface area (Å²) in [5.41, 5.74) is -0.383. The molecule has 0 unspecified atom stereocenters. The third-order valence-electron chi connectivity index (χ3n) is 3.41. The van der Waals surface area contributed by atoms with Crippen molar-refractivity contribution in [2.75, 3.05) is 0 Å². The van der Waals surface area contributed by atoms with Gasteiger partial charge in [-0.1, -0.05) is 35.9 Å². The van der Waals surface area contributed by atoms with Crippen molar-refractivity contribution < 1.29 is 32.2 Å². The SMILES string of the molecule is Cc1ccc(I)cc1.O=C(O)c1c(F)c(F)c(Oc2ccccc2)c(F)c1F. The fraction of sp³-hybridized carbons (Fsp3) is 0.0500. The zero-order valence-corrected chi connectivity index (χ0v) is 16.5. The van der Waals surface area contributed by atoms with Crippen LogP contribution in [-0.2, 0) is 0 Å². The molecule has 1 N–H and O–H groups in total. The topological polar surface area (TPSA) is 46.5 Å². The van der Waals surface area contributed by atoms with Crippen LogP contribution in [0.5, 0.6) is 11.5 Å². The Morgan fingerprint density at radius 3 is 1.79 bits per heavy atom. The van der Waals surface area contributed by atoms with E-state index in [4.69, 9.17) is 9.84 Å². The largest absolute Gasteiger partial charge is 0.477 e. The van der Waals surface area contributed by atoms with Gasteiger partial charge in [0.15, 0.2) is 11.6 Å². The minimum atomic E-state index is -2.12. The van der Waals surface area contributed by atoms with Crippen LogP contribution in [0.1, 0.15) is 15.9 Å². The number of benzene rings is 3. The van der Waals surface area contributed by atoms with Crippen molar-refractivity contribution in [1.29, 1.82) is 0 Å². The van der Waals surface area contributed by atoms with Gasteiger partial charge in [-0.3, -0.25) is 0 Å². The zero-order valence-electron chi connectivity index (χ0n) is 14.3. The molecule has 0 aromatic heterocycles. The normalized spacial score (nSPS) is 10.1. The minimum absolute atomic E-state index is 0.0628. The molecule has 0 aliphatic heterocycles. The fourth-order valence-electron chi connectivity index (χ4n) is 2.03. The Balaban J connectivity index is 0.000000292. The number of aromatic carboxylic acids is 1. The molecule has 0 atom stereocenters. The number of hydrogen-bond acceptors (Lipinski definition) is 2. The van der Waals surface area contributed by atoms with E-state index in [2.05, 4.69) is 53.8 Å². The lowest BCUT2D eigenvalue weighted by atomic mass is 10.1. The Morgan fingerprint density at radius 2 is 1.36 bits per heavy atom. The Kier molecular flexibility index (Phi) is 7.38. The van der Waals surface area contributed by atoms with Crippen molar-refractivity contribution >= 4 is 28.6 Å². The predicted octanol–water partition coefficient (Wildman–Crippen LogP) is 6.33. The molecule has 3 aromatic rings. The first-order chi connectivity index (χ1) is 13.2. The molecule has 0 radical (unpaired) electrons. The molecule has 0 heterocycles. The van der Waals surface area contributed by atoms with E-state index in [1.54, 1.807) is 6.07 Å². The molecule has 0 saturated carbocycles. The number of para-hydroxylation sites is 1. The van der Waals surface area contributed by atoms with Crippen molar-refractivity contribution in [2.24, 2.45) is 0 Å². The van der Waals surface area contributed by atoms with E-state index in [-0.39, 0.29) is 5.75 Å². The molecule has 3 nitrogen and oxygen atoms in total. The summed E-state index contributed by atoms with van der Waals surface area (Å²) in [6.07, 6.45) is 0. The highest BCUT2D eigenvalue weighted by Gasteiger charge is 2.30. The Morgan fingerprint density at radius 1 is 0.857 bits per heavy atom. The summed E-state index contributed by atoms with van der Waals surface area (Å²) >= 11 is 2.30. The van der Waals surface area contributed by atoms with Gasteiger partial charge in [0.1, 0.15) is 11.3 Å². The molecule has 0 aliphatic rings. The summed E-state index contributed by atoms with van der Waals surface area (Å²) in [6, 6.07) is 15.6. The number of halogens is 5. The number of carbonyl (C=O) groups is 1. The molecule has 3 rings (SSSR count). The number of ether oxygens (including phenoxy) is 1. The van der Waals surface area contributed by atoms with Crippen molar-refractivity contribution in [2.45, 2.75) is 6.92 Å². The smallest absolute Gasteiger partial charge is 0.341 e. The van der Waals surface area contributed by atoms with E-state index in [0.29, 0.717) is 0 Å². The summed E-state index contributed by atoms with van der Waals surface area (Å²) in [5, 5.41) is 8.52. The van der Waals surface area contributed by atoms with Gasteiger partial charge in [0.25, 0.3) is 0 Å². The van der Waals surface area contributed by atoms with E-state index in [1.165, 1.54) is 33.4 Å². The highest BCUT2D eigenvalue weighted by Crippen LogP contribution is 2.33. The first kappa shape index (κ1) is 21.7. The lowest BCUT2D eigenvalue weighted by molar-refractivity contribution is 0.0683. The minimum Gasteiger partial charge on any atom is -0.477 e. The third kappa shape index (κ3) is 5.22. The second-order valence-electron chi connectivity index (χ2n) is 5.48. The molecule has 0 spiro atoms.